The Kier molecular flexibility index (Phi) is 5.77. The van der Waals surface area contributed by atoms with Gasteiger partial charge in [0, 0.05) is 5.02 Å². The van der Waals surface area contributed by atoms with Gasteiger partial charge in [-0.2, -0.15) is 0 Å². The van der Waals surface area contributed by atoms with Gasteiger partial charge in [-0.1, -0.05) is 17.5 Å². The lowest BCUT2D eigenvalue weighted by molar-refractivity contribution is -0.672. The van der Waals surface area contributed by atoms with Gasteiger partial charge in [0.05, 0.1) is 6.04 Å². The van der Waals surface area contributed by atoms with E-state index < -0.39 is 0 Å². The van der Waals surface area contributed by atoms with Crippen LogP contribution in [0.2, 0.25) is 5.02 Å². The van der Waals surface area contributed by atoms with Crippen LogP contribution in [-0.4, -0.2) is 19.2 Å². The highest BCUT2D eigenvalue weighted by Crippen LogP contribution is 2.14. The van der Waals surface area contributed by atoms with E-state index in [-0.39, 0.29) is 0 Å². The topological polar surface area (TPSA) is 25.8 Å². The third-order valence-electron chi connectivity index (χ3n) is 1.94. The molecule has 3 heteroatoms. The molecule has 0 aliphatic rings. The molecule has 0 fully saturated rings. The van der Waals surface area contributed by atoms with Gasteiger partial charge in [0.2, 0.25) is 0 Å². The highest BCUT2D eigenvalue weighted by Gasteiger charge is 1.92. The predicted molar refractivity (Wildman–Crippen MR) is 66.7 cm³/mol. The summed E-state index contributed by atoms with van der Waals surface area (Å²) in [6, 6.07) is 7.87. The van der Waals surface area contributed by atoms with Crippen molar-refractivity contribution in [2.45, 2.75) is 19.9 Å². The third-order valence-corrected chi connectivity index (χ3v) is 2.19. The second-order valence-corrected chi connectivity index (χ2v) is 4.22. The van der Waals surface area contributed by atoms with E-state index in [1.54, 1.807) is 12.1 Å². The number of hydrogen-bond donors (Lipinski definition) is 1. The predicted octanol–water partition coefficient (Wildman–Crippen LogP) is 1.69. The minimum absolute atomic E-state index is 0.424. The zero-order valence-corrected chi connectivity index (χ0v) is 10.4. The minimum atomic E-state index is 0.424. The van der Waals surface area contributed by atoms with Crippen LogP contribution in [0.5, 0.6) is 5.75 Å². The largest absolute Gasteiger partial charge is 0.481 e. The summed E-state index contributed by atoms with van der Waals surface area (Å²) >= 11 is 5.76. The Morgan fingerprint density at radius 1 is 1.25 bits per heavy atom. The van der Waals surface area contributed by atoms with E-state index in [9.17, 15) is 0 Å². The van der Waals surface area contributed by atoms with Gasteiger partial charge in [-0.05, 0) is 44.0 Å². The molecule has 1 aromatic rings. The SMILES string of the molecule is CC(C)[NH2+]CC#CCOc1ccc(Cl)cc1. The van der Waals surface area contributed by atoms with E-state index in [4.69, 9.17) is 16.3 Å². The molecule has 0 atom stereocenters. The standard InChI is InChI=1S/C13H16ClNO/c1-11(2)15-9-3-4-10-16-13-7-5-12(14)6-8-13/h5-8,11,15H,9-10H2,1-2H3/p+1. The number of halogens is 1. The first-order valence-electron chi connectivity index (χ1n) is 5.36. The maximum absolute atomic E-state index is 5.76. The first-order valence-corrected chi connectivity index (χ1v) is 5.73. The molecule has 0 radical (unpaired) electrons. The fourth-order valence-corrected chi connectivity index (χ4v) is 1.19. The fraction of sp³-hybridized carbons (Fsp3) is 0.385. The molecule has 16 heavy (non-hydrogen) atoms. The normalized spacial score (nSPS) is 9.75. The highest BCUT2D eigenvalue weighted by atomic mass is 35.5. The van der Waals surface area contributed by atoms with Crippen LogP contribution in [0.3, 0.4) is 0 Å². The van der Waals surface area contributed by atoms with Crippen molar-refractivity contribution in [1.82, 2.24) is 0 Å². The second-order valence-electron chi connectivity index (χ2n) is 3.78. The maximum atomic E-state index is 5.76. The number of quaternary nitrogens is 1. The highest BCUT2D eigenvalue weighted by molar-refractivity contribution is 6.30. The average molecular weight is 239 g/mol. The lowest BCUT2D eigenvalue weighted by Crippen LogP contribution is -2.88. The molecule has 0 bridgehead atoms. The quantitative estimate of drug-likeness (QED) is 0.794. The molecule has 1 rings (SSSR count). The van der Waals surface area contributed by atoms with Crippen molar-refractivity contribution >= 4 is 11.6 Å². The van der Waals surface area contributed by atoms with E-state index in [1.807, 2.05) is 12.1 Å². The fourth-order valence-electron chi connectivity index (χ4n) is 1.07. The molecule has 86 valence electrons. The Labute approximate surface area is 102 Å². The summed E-state index contributed by atoms with van der Waals surface area (Å²) in [4.78, 5) is 0. The average Bonchev–Trinajstić information content (AvgIpc) is 2.25. The van der Waals surface area contributed by atoms with Crippen molar-refractivity contribution in [3.63, 3.8) is 0 Å². The van der Waals surface area contributed by atoms with E-state index >= 15 is 0 Å². The van der Waals surface area contributed by atoms with Crippen molar-refractivity contribution in [2.24, 2.45) is 0 Å². The lowest BCUT2D eigenvalue weighted by Gasteiger charge is -2.01. The summed E-state index contributed by atoms with van der Waals surface area (Å²) in [7, 11) is 0. The molecule has 1 aromatic carbocycles. The van der Waals surface area contributed by atoms with Crippen LogP contribution in [-0.2, 0) is 0 Å². The maximum Gasteiger partial charge on any atom is 0.149 e. The van der Waals surface area contributed by atoms with Gasteiger partial charge in [0.1, 0.15) is 18.9 Å². The Morgan fingerprint density at radius 2 is 1.94 bits per heavy atom. The molecule has 2 N–H and O–H groups in total. The van der Waals surface area contributed by atoms with Crippen molar-refractivity contribution in [3.05, 3.63) is 29.3 Å². The molecular formula is C13H17ClNO+. The zero-order valence-electron chi connectivity index (χ0n) is 9.66. The van der Waals surface area contributed by atoms with Crippen LogP contribution in [0.15, 0.2) is 24.3 Å². The molecule has 0 aliphatic heterocycles. The van der Waals surface area contributed by atoms with Crippen LogP contribution >= 0.6 is 11.6 Å². The van der Waals surface area contributed by atoms with Crippen molar-refractivity contribution in [1.29, 1.82) is 0 Å². The van der Waals surface area contributed by atoms with E-state index in [1.165, 1.54) is 0 Å². The van der Waals surface area contributed by atoms with Crippen LogP contribution in [0.25, 0.3) is 0 Å². The van der Waals surface area contributed by atoms with E-state index in [2.05, 4.69) is 31.0 Å². The Bertz CT molecular complexity index is 362. The monoisotopic (exact) mass is 238 g/mol. The van der Waals surface area contributed by atoms with Gasteiger partial charge >= 0.3 is 0 Å². The van der Waals surface area contributed by atoms with Gasteiger partial charge in [0.15, 0.2) is 0 Å². The van der Waals surface area contributed by atoms with Crippen molar-refractivity contribution in [2.75, 3.05) is 13.2 Å². The van der Waals surface area contributed by atoms with Crippen molar-refractivity contribution in [3.8, 4) is 17.6 Å². The Hall–Kier alpha value is -1.17. The summed E-state index contributed by atoms with van der Waals surface area (Å²) < 4.78 is 5.42. The second kappa shape index (κ2) is 7.16. The molecular weight excluding hydrogens is 222 g/mol. The first-order chi connectivity index (χ1) is 7.68. The third kappa shape index (κ3) is 5.65. The molecule has 0 heterocycles. The van der Waals surface area contributed by atoms with Crippen LogP contribution in [0.4, 0.5) is 0 Å². The summed E-state index contributed by atoms with van der Waals surface area (Å²) in [5.41, 5.74) is 0. The summed E-state index contributed by atoms with van der Waals surface area (Å²) in [5, 5.41) is 2.89. The minimum Gasteiger partial charge on any atom is -0.481 e. The van der Waals surface area contributed by atoms with Gasteiger partial charge < -0.3 is 10.1 Å². The van der Waals surface area contributed by atoms with Crippen LogP contribution < -0.4 is 10.1 Å². The summed E-state index contributed by atoms with van der Waals surface area (Å²) in [5.74, 6) is 6.81. The van der Waals surface area contributed by atoms with Crippen LogP contribution in [0, 0.1) is 11.8 Å². The van der Waals surface area contributed by atoms with Crippen molar-refractivity contribution < 1.29 is 10.1 Å². The van der Waals surface area contributed by atoms with Crippen LogP contribution in [0.1, 0.15) is 13.8 Å². The number of benzene rings is 1. The molecule has 0 unspecified atom stereocenters. The molecule has 0 aliphatic carbocycles. The number of nitrogens with two attached hydrogens (primary N) is 1. The summed E-state index contributed by atoms with van der Waals surface area (Å²) in [6.45, 7) is 5.53. The zero-order chi connectivity index (χ0) is 11.8. The number of hydrogen-bond acceptors (Lipinski definition) is 1. The van der Waals surface area contributed by atoms with Gasteiger partial charge in [-0.3, -0.25) is 0 Å². The lowest BCUT2D eigenvalue weighted by atomic mass is 10.3. The smallest absolute Gasteiger partial charge is 0.149 e. The van der Waals surface area contributed by atoms with E-state index in [0.717, 1.165) is 12.3 Å². The molecule has 0 spiro atoms. The Morgan fingerprint density at radius 3 is 2.56 bits per heavy atom. The van der Waals surface area contributed by atoms with Gasteiger partial charge in [-0.15, -0.1) is 0 Å². The number of rotatable bonds is 4. The van der Waals surface area contributed by atoms with E-state index in [0.29, 0.717) is 17.7 Å². The first kappa shape index (κ1) is 12.9. The Balaban J connectivity index is 2.22. The molecule has 0 amide bonds. The molecule has 0 aromatic heterocycles. The summed E-state index contributed by atoms with van der Waals surface area (Å²) in [6.07, 6.45) is 0. The van der Waals surface area contributed by atoms with Gasteiger partial charge in [0.25, 0.3) is 0 Å². The number of ether oxygens (including phenoxy) is 1. The molecule has 0 saturated heterocycles. The molecule has 0 saturated carbocycles. The van der Waals surface area contributed by atoms with Gasteiger partial charge in [-0.25, -0.2) is 0 Å². The molecule has 2 nitrogen and oxygen atoms in total.